The summed E-state index contributed by atoms with van der Waals surface area (Å²) in [6, 6.07) is 15.4. The van der Waals surface area contributed by atoms with Gasteiger partial charge in [-0.2, -0.15) is 0 Å². The minimum atomic E-state index is -0.00871. The van der Waals surface area contributed by atoms with E-state index < -0.39 is 0 Å². The summed E-state index contributed by atoms with van der Waals surface area (Å²) in [5.74, 6) is 1.26. The van der Waals surface area contributed by atoms with Crippen molar-refractivity contribution in [2.75, 3.05) is 7.11 Å². The van der Waals surface area contributed by atoms with Crippen LogP contribution >= 0.6 is 0 Å². The van der Waals surface area contributed by atoms with Crippen LogP contribution in [0.15, 0.2) is 54.6 Å². The van der Waals surface area contributed by atoms with Crippen molar-refractivity contribution in [3.8, 4) is 5.75 Å². The van der Waals surface area contributed by atoms with E-state index in [1.54, 1.807) is 37.5 Å². The highest BCUT2D eigenvalue weighted by Crippen LogP contribution is 2.16. The molecule has 0 bridgehead atoms. The van der Waals surface area contributed by atoms with Crippen LogP contribution in [0.1, 0.15) is 41.3 Å². The number of carbonyl (C=O) groups is 1. The third-order valence-corrected chi connectivity index (χ3v) is 3.40. The molecular formula is C19H20O2. The van der Waals surface area contributed by atoms with Crippen molar-refractivity contribution in [1.29, 1.82) is 0 Å². The van der Waals surface area contributed by atoms with Gasteiger partial charge in [-0.1, -0.05) is 44.2 Å². The Labute approximate surface area is 126 Å². The molecule has 0 aliphatic rings. The lowest BCUT2D eigenvalue weighted by Gasteiger charge is -2.04. The molecule has 21 heavy (non-hydrogen) atoms. The van der Waals surface area contributed by atoms with Gasteiger partial charge >= 0.3 is 0 Å². The largest absolute Gasteiger partial charge is 0.497 e. The Kier molecular flexibility index (Phi) is 4.94. The fourth-order valence-corrected chi connectivity index (χ4v) is 2.02. The summed E-state index contributed by atoms with van der Waals surface area (Å²) in [5.41, 5.74) is 2.99. The molecule has 0 saturated heterocycles. The summed E-state index contributed by atoms with van der Waals surface area (Å²) in [5, 5.41) is 0. The molecule has 0 fully saturated rings. The number of carbonyl (C=O) groups excluding carboxylic acids is 1. The van der Waals surface area contributed by atoms with E-state index in [0.29, 0.717) is 11.5 Å². The Morgan fingerprint density at radius 3 is 2.14 bits per heavy atom. The highest BCUT2D eigenvalue weighted by atomic mass is 16.5. The lowest BCUT2D eigenvalue weighted by molar-refractivity contribution is 0.104. The standard InChI is InChI=1S/C19H20O2/c1-14(2)16-7-4-15(5-8-16)6-13-19(20)17-9-11-18(21-3)12-10-17/h4-14H,1-3H3/b13-6+. The molecule has 0 atom stereocenters. The van der Waals surface area contributed by atoms with Crippen LogP contribution in [0.2, 0.25) is 0 Å². The molecule has 0 aromatic heterocycles. The minimum Gasteiger partial charge on any atom is -0.497 e. The first-order valence-electron chi connectivity index (χ1n) is 7.06. The Morgan fingerprint density at radius 1 is 1.00 bits per heavy atom. The number of hydrogen-bond donors (Lipinski definition) is 0. The number of ketones is 1. The summed E-state index contributed by atoms with van der Waals surface area (Å²) in [6.07, 6.45) is 3.45. The first-order chi connectivity index (χ1) is 10.1. The van der Waals surface area contributed by atoms with E-state index in [0.717, 1.165) is 11.3 Å². The van der Waals surface area contributed by atoms with Crippen LogP contribution in [0, 0.1) is 0 Å². The van der Waals surface area contributed by atoms with Crippen LogP contribution in [0.25, 0.3) is 6.08 Å². The zero-order valence-electron chi connectivity index (χ0n) is 12.7. The van der Waals surface area contributed by atoms with Crippen molar-refractivity contribution in [2.45, 2.75) is 19.8 Å². The smallest absolute Gasteiger partial charge is 0.185 e. The monoisotopic (exact) mass is 280 g/mol. The molecule has 2 nitrogen and oxygen atoms in total. The van der Waals surface area contributed by atoms with E-state index in [2.05, 4.69) is 26.0 Å². The fraction of sp³-hybridized carbons (Fsp3) is 0.211. The molecule has 0 unspecified atom stereocenters. The fourth-order valence-electron chi connectivity index (χ4n) is 2.02. The first kappa shape index (κ1) is 15.0. The van der Waals surface area contributed by atoms with Crippen molar-refractivity contribution < 1.29 is 9.53 Å². The highest BCUT2D eigenvalue weighted by Gasteiger charge is 2.02. The Hall–Kier alpha value is -2.35. The zero-order valence-corrected chi connectivity index (χ0v) is 12.7. The minimum absolute atomic E-state index is 0.00871. The third kappa shape index (κ3) is 4.06. The summed E-state index contributed by atoms with van der Waals surface area (Å²) in [6.45, 7) is 4.33. The molecule has 0 amide bonds. The van der Waals surface area contributed by atoms with E-state index in [4.69, 9.17) is 4.74 Å². The Balaban J connectivity index is 2.07. The van der Waals surface area contributed by atoms with Crippen LogP contribution in [0.3, 0.4) is 0 Å². The Bertz CT molecular complexity index is 620. The van der Waals surface area contributed by atoms with E-state index >= 15 is 0 Å². The molecule has 0 heterocycles. The van der Waals surface area contributed by atoms with Crippen LogP contribution in [-0.4, -0.2) is 12.9 Å². The van der Waals surface area contributed by atoms with Gasteiger partial charge in [0.1, 0.15) is 5.75 Å². The molecule has 2 aromatic carbocycles. The van der Waals surface area contributed by atoms with Gasteiger partial charge in [0.15, 0.2) is 5.78 Å². The van der Waals surface area contributed by atoms with Gasteiger partial charge in [-0.15, -0.1) is 0 Å². The van der Waals surface area contributed by atoms with Gasteiger partial charge in [0, 0.05) is 5.56 Å². The van der Waals surface area contributed by atoms with Crippen molar-refractivity contribution in [3.05, 3.63) is 71.3 Å². The average Bonchev–Trinajstić information content (AvgIpc) is 2.53. The maximum absolute atomic E-state index is 12.1. The van der Waals surface area contributed by atoms with Gasteiger partial charge in [0.2, 0.25) is 0 Å². The molecule has 0 aliphatic heterocycles. The summed E-state index contributed by atoms with van der Waals surface area (Å²) < 4.78 is 5.08. The molecular weight excluding hydrogens is 260 g/mol. The number of hydrogen-bond acceptors (Lipinski definition) is 2. The van der Waals surface area contributed by atoms with Gasteiger partial charge in [-0.05, 0) is 47.4 Å². The second-order valence-corrected chi connectivity index (χ2v) is 5.25. The van der Waals surface area contributed by atoms with E-state index in [-0.39, 0.29) is 5.78 Å². The molecule has 2 rings (SSSR count). The topological polar surface area (TPSA) is 26.3 Å². The molecule has 0 aliphatic carbocycles. The van der Waals surface area contributed by atoms with Crippen molar-refractivity contribution in [2.24, 2.45) is 0 Å². The maximum atomic E-state index is 12.1. The zero-order chi connectivity index (χ0) is 15.2. The van der Waals surface area contributed by atoms with Crippen molar-refractivity contribution >= 4 is 11.9 Å². The van der Waals surface area contributed by atoms with E-state index in [1.165, 1.54) is 5.56 Å². The van der Waals surface area contributed by atoms with Crippen LogP contribution in [0.4, 0.5) is 0 Å². The van der Waals surface area contributed by atoms with Gasteiger partial charge in [-0.3, -0.25) is 4.79 Å². The predicted octanol–water partition coefficient (Wildman–Crippen LogP) is 4.71. The Morgan fingerprint density at radius 2 is 1.62 bits per heavy atom. The maximum Gasteiger partial charge on any atom is 0.185 e. The first-order valence-corrected chi connectivity index (χ1v) is 7.06. The lowest BCUT2D eigenvalue weighted by atomic mass is 10.0. The van der Waals surface area contributed by atoms with Crippen LogP contribution in [0.5, 0.6) is 5.75 Å². The average molecular weight is 280 g/mol. The number of allylic oxidation sites excluding steroid dienone is 1. The summed E-state index contributed by atoms with van der Waals surface area (Å²) in [7, 11) is 1.61. The number of ether oxygens (including phenoxy) is 1. The van der Waals surface area contributed by atoms with Gasteiger partial charge in [0.25, 0.3) is 0 Å². The molecule has 0 N–H and O–H groups in total. The second kappa shape index (κ2) is 6.89. The van der Waals surface area contributed by atoms with Gasteiger partial charge in [0.05, 0.1) is 7.11 Å². The van der Waals surface area contributed by atoms with Crippen molar-refractivity contribution in [1.82, 2.24) is 0 Å². The molecule has 0 spiro atoms. The summed E-state index contributed by atoms with van der Waals surface area (Å²) in [4.78, 5) is 12.1. The summed E-state index contributed by atoms with van der Waals surface area (Å²) >= 11 is 0. The molecule has 2 aromatic rings. The SMILES string of the molecule is COc1ccc(C(=O)/C=C/c2ccc(C(C)C)cc2)cc1. The molecule has 108 valence electrons. The van der Waals surface area contributed by atoms with E-state index in [1.807, 2.05) is 18.2 Å². The quantitative estimate of drug-likeness (QED) is 0.585. The predicted molar refractivity (Wildman–Crippen MR) is 86.9 cm³/mol. The lowest BCUT2D eigenvalue weighted by Crippen LogP contribution is -1.94. The molecule has 2 heteroatoms. The van der Waals surface area contributed by atoms with Crippen molar-refractivity contribution in [3.63, 3.8) is 0 Å². The van der Waals surface area contributed by atoms with Crippen LogP contribution in [-0.2, 0) is 0 Å². The van der Waals surface area contributed by atoms with E-state index in [9.17, 15) is 4.79 Å². The molecule has 0 radical (unpaired) electrons. The highest BCUT2D eigenvalue weighted by molar-refractivity contribution is 6.06. The molecule has 0 saturated carbocycles. The third-order valence-electron chi connectivity index (χ3n) is 3.40. The van der Waals surface area contributed by atoms with Gasteiger partial charge in [-0.25, -0.2) is 0 Å². The number of methoxy groups -OCH3 is 1. The van der Waals surface area contributed by atoms with Gasteiger partial charge < -0.3 is 4.74 Å². The number of rotatable bonds is 5. The number of benzene rings is 2. The normalized spacial score (nSPS) is 11.0. The second-order valence-electron chi connectivity index (χ2n) is 5.25. The van der Waals surface area contributed by atoms with Crippen LogP contribution < -0.4 is 4.74 Å².